The van der Waals surface area contributed by atoms with E-state index in [2.05, 4.69) is 15.3 Å². The van der Waals surface area contributed by atoms with Gasteiger partial charge in [0.25, 0.3) is 0 Å². The van der Waals surface area contributed by atoms with Gasteiger partial charge in [0.2, 0.25) is 5.95 Å². The van der Waals surface area contributed by atoms with Crippen LogP contribution in [-0.4, -0.2) is 56.1 Å². The standard InChI is InChI=1S/C12H20F3N5/c1-16-11-17-9(12(13,14)15)8-10(18-11)20(4)7-5-6-19(2)3/h8H,5-7H2,1-4H3,(H,16,17,18). The maximum atomic E-state index is 12.8. The van der Waals surface area contributed by atoms with Crippen molar-refractivity contribution >= 4 is 11.8 Å². The molecule has 0 bridgehead atoms. The predicted octanol–water partition coefficient (Wildman–Crippen LogP) is 1.92. The number of anilines is 2. The normalized spacial score (nSPS) is 11.8. The van der Waals surface area contributed by atoms with E-state index in [1.54, 1.807) is 11.9 Å². The fraction of sp³-hybridized carbons (Fsp3) is 0.667. The number of alkyl halides is 3. The molecule has 0 spiro atoms. The van der Waals surface area contributed by atoms with Crippen LogP contribution in [0.2, 0.25) is 0 Å². The molecule has 1 aromatic rings. The third kappa shape index (κ3) is 4.84. The van der Waals surface area contributed by atoms with Crippen LogP contribution in [0.25, 0.3) is 0 Å². The minimum Gasteiger partial charge on any atom is -0.359 e. The second-order valence-corrected chi connectivity index (χ2v) is 4.76. The third-order valence-corrected chi connectivity index (χ3v) is 2.72. The Balaban J connectivity index is 2.88. The van der Waals surface area contributed by atoms with E-state index in [0.29, 0.717) is 6.54 Å². The molecule has 1 aromatic heterocycles. The van der Waals surface area contributed by atoms with E-state index in [1.807, 2.05) is 19.0 Å². The molecule has 1 N–H and O–H groups in total. The molecule has 0 amide bonds. The largest absolute Gasteiger partial charge is 0.433 e. The van der Waals surface area contributed by atoms with Crippen LogP contribution in [0.4, 0.5) is 24.9 Å². The van der Waals surface area contributed by atoms with Crippen LogP contribution < -0.4 is 10.2 Å². The van der Waals surface area contributed by atoms with Gasteiger partial charge in [0.15, 0.2) is 5.69 Å². The Labute approximate surface area is 116 Å². The summed E-state index contributed by atoms with van der Waals surface area (Å²) in [5.41, 5.74) is -0.939. The number of hydrogen-bond donors (Lipinski definition) is 1. The second-order valence-electron chi connectivity index (χ2n) is 4.76. The summed E-state index contributed by atoms with van der Waals surface area (Å²) >= 11 is 0. The maximum absolute atomic E-state index is 12.8. The third-order valence-electron chi connectivity index (χ3n) is 2.72. The number of halogens is 3. The van der Waals surface area contributed by atoms with E-state index < -0.39 is 11.9 Å². The summed E-state index contributed by atoms with van der Waals surface area (Å²) in [5, 5.41) is 2.55. The molecule has 0 aliphatic rings. The van der Waals surface area contributed by atoms with Crippen molar-refractivity contribution in [3.63, 3.8) is 0 Å². The molecule has 0 aliphatic carbocycles. The van der Waals surface area contributed by atoms with E-state index in [1.165, 1.54) is 7.05 Å². The van der Waals surface area contributed by atoms with Crippen molar-refractivity contribution in [2.24, 2.45) is 0 Å². The first kappa shape index (κ1) is 16.5. The summed E-state index contributed by atoms with van der Waals surface area (Å²) in [5.74, 6) is 0.227. The van der Waals surface area contributed by atoms with E-state index in [0.717, 1.165) is 19.0 Å². The molecule has 8 heteroatoms. The first-order valence-electron chi connectivity index (χ1n) is 6.24. The highest BCUT2D eigenvalue weighted by atomic mass is 19.4. The number of nitrogens with one attached hydrogen (secondary N) is 1. The molecule has 0 radical (unpaired) electrons. The van der Waals surface area contributed by atoms with Crippen LogP contribution in [0.5, 0.6) is 0 Å². The van der Waals surface area contributed by atoms with Crippen molar-refractivity contribution in [1.82, 2.24) is 14.9 Å². The quantitative estimate of drug-likeness (QED) is 0.867. The Morgan fingerprint density at radius 1 is 1.15 bits per heavy atom. The van der Waals surface area contributed by atoms with Crippen molar-refractivity contribution in [2.75, 3.05) is 51.5 Å². The van der Waals surface area contributed by atoms with Crippen LogP contribution >= 0.6 is 0 Å². The molecule has 114 valence electrons. The second kappa shape index (κ2) is 6.74. The Hall–Kier alpha value is -1.57. The zero-order valence-corrected chi connectivity index (χ0v) is 12.1. The lowest BCUT2D eigenvalue weighted by Crippen LogP contribution is -2.25. The molecule has 0 aromatic carbocycles. The summed E-state index contributed by atoms with van der Waals surface area (Å²) in [6.07, 6.45) is -3.64. The molecule has 5 nitrogen and oxygen atoms in total. The average molecular weight is 291 g/mol. The van der Waals surface area contributed by atoms with Gasteiger partial charge in [-0.3, -0.25) is 0 Å². The van der Waals surface area contributed by atoms with Gasteiger partial charge in [-0.2, -0.15) is 18.2 Å². The van der Waals surface area contributed by atoms with Crippen LogP contribution in [0.15, 0.2) is 6.07 Å². The molecule has 0 saturated heterocycles. The minimum atomic E-state index is -4.48. The summed E-state index contributed by atoms with van der Waals surface area (Å²) in [6, 6.07) is 0.969. The first-order valence-corrected chi connectivity index (χ1v) is 6.24. The number of rotatable bonds is 6. The molecule has 0 aliphatic heterocycles. The SMILES string of the molecule is CNc1nc(N(C)CCCN(C)C)cc(C(F)(F)F)n1. The molecular formula is C12H20F3N5. The molecule has 0 unspecified atom stereocenters. The van der Waals surface area contributed by atoms with Crippen molar-refractivity contribution in [3.8, 4) is 0 Å². The zero-order valence-electron chi connectivity index (χ0n) is 12.1. The van der Waals surface area contributed by atoms with Gasteiger partial charge in [0.05, 0.1) is 0 Å². The predicted molar refractivity (Wildman–Crippen MR) is 73.0 cm³/mol. The van der Waals surface area contributed by atoms with Crippen LogP contribution in [-0.2, 0) is 6.18 Å². The number of hydrogen-bond acceptors (Lipinski definition) is 5. The zero-order chi connectivity index (χ0) is 15.3. The van der Waals surface area contributed by atoms with Gasteiger partial charge in [-0.1, -0.05) is 0 Å². The summed E-state index contributed by atoms with van der Waals surface area (Å²) in [6.45, 7) is 1.48. The lowest BCUT2D eigenvalue weighted by molar-refractivity contribution is -0.141. The van der Waals surface area contributed by atoms with Crippen LogP contribution in [0, 0.1) is 0 Å². The monoisotopic (exact) mass is 291 g/mol. The van der Waals surface area contributed by atoms with Crippen molar-refractivity contribution in [3.05, 3.63) is 11.8 Å². The number of nitrogens with zero attached hydrogens (tertiary/aromatic N) is 4. The van der Waals surface area contributed by atoms with Gasteiger partial charge in [-0.15, -0.1) is 0 Å². The van der Waals surface area contributed by atoms with E-state index >= 15 is 0 Å². The van der Waals surface area contributed by atoms with E-state index in [4.69, 9.17) is 0 Å². The van der Waals surface area contributed by atoms with Gasteiger partial charge in [-0.25, -0.2) is 4.98 Å². The smallest absolute Gasteiger partial charge is 0.359 e. The highest BCUT2D eigenvalue weighted by Crippen LogP contribution is 2.30. The van der Waals surface area contributed by atoms with Gasteiger partial charge in [0, 0.05) is 26.7 Å². The van der Waals surface area contributed by atoms with Gasteiger partial charge in [0.1, 0.15) is 5.82 Å². The summed E-state index contributed by atoms with van der Waals surface area (Å²) < 4.78 is 38.3. The molecule has 1 heterocycles. The lowest BCUT2D eigenvalue weighted by atomic mass is 10.3. The average Bonchev–Trinajstić information content (AvgIpc) is 2.36. The molecule has 0 fully saturated rings. The van der Waals surface area contributed by atoms with E-state index in [9.17, 15) is 13.2 Å². The molecule has 0 saturated carbocycles. The molecule has 20 heavy (non-hydrogen) atoms. The maximum Gasteiger partial charge on any atom is 0.433 e. The fourth-order valence-corrected chi connectivity index (χ4v) is 1.63. The fourth-order valence-electron chi connectivity index (χ4n) is 1.63. The Bertz CT molecular complexity index is 434. The first-order chi connectivity index (χ1) is 9.24. The lowest BCUT2D eigenvalue weighted by Gasteiger charge is -2.21. The summed E-state index contributed by atoms with van der Waals surface area (Å²) in [4.78, 5) is 11.2. The van der Waals surface area contributed by atoms with Crippen molar-refractivity contribution in [1.29, 1.82) is 0 Å². The molecule has 0 atom stereocenters. The summed E-state index contributed by atoms with van der Waals surface area (Å²) in [7, 11) is 7.11. The topological polar surface area (TPSA) is 44.3 Å². The van der Waals surface area contributed by atoms with Gasteiger partial charge >= 0.3 is 6.18 Å². The van der Waals surface area contributed by atoms with Gasteiger partial charge < -0.3 is 15.1 Å². The molecular weight excluding hydrogens is 271 g/mol. The van der Waals surface area contributed by atoms with Crippen LogP contribution in [0.1, 0.15) is 12.1 Å². The van der Waals surface area contributed by atoms with E-state index in [-0.39, 0.29) is 11.8 Å². The minimum absolute atomic E-state index is 0.0331. The molecule has 1 rings (SSSR count). The highest BCUT2D eigenvalue weighted by molar-refractivity contribution is 5.44. The van der Waals surface area contributed by atoms with Gasteiger partial charge in [-0.05, 0) is 27.1 Å². The number of aromatic nitrogens is 2. The Kier molecular flexibility index (Phi) is 5.55. The van der Waals surface area contributed by atoms with Crippen molar-refractivity contribution in [2.45, 2.75) is 12.6 Å². The highest BCUT2D eigenvalue weighted by Gasteiger charge is 2.34. The van der Waals surface area contributed by atoms with Crippen molar-refractivity contribution < 1.29 is 13.2 Å². The Morgan fingerprint density at radius 3 is 2.30 bits per heavy atom. The Morgan fingerprint density at radius 2 is 1.80 bits per heavy atom. The van der Waals surface area contributed by atoms with Crippen LogP contribution in [0.3, 0.4) is 0 Å².